The zero-order chi connectivity index (χ0) is 10.1. The van der Waals surface area contributed by atoms with Gasteiger partial charge in [-0.1, -0.05) is 24.0 Å². The van der Waals surface area contributed by atoms with E-state index < -0.39 is 0 Å². The van der Waals surface area contributed by atoms with Crippen molar-refractivity contribution in [3.05, 3.63) is 35.5 Å². The highest BCUT2D eigenvalue weighted by atomic mass is 14.9. The Morgan fingerprint density at radius 2 is 2.07 bits per heavy atom. The van der Waals surface area contributed by atoms with Gasteiger partial charge in [0.15, 0.2) is 0 Å². The molecule has 14 heavy (non-hydrogen) atoms. The van der Waals surface area contributed by atoms with Crippen LogP contribution in [0.4, 0.5) is 0 Å². The highest BCUT2D eigenvalue weighted by molar-refractivity contribution is 5.88. The van der Waals surface area contributed by atoms with Gasteiger partial charge in [0.25, 0.3) is 0 Å². The van der Waals surface area contributed by atoms with Gasteiger partial charge >= 0.3 is 0 Å². The van der Waals surface area contributed by atoms with Crippen LogP contribution < -0.4 is 0 Å². The lowest BCUT2D eigenvalue weighted by Crippen LogP contribution is -1.83. The van der Waals surface area contributed by atoms with Crippen molar-refractivity contribution in [2.24, 2.45) is 0 Å². The molecule has 2 rings (SSSR count). The average Bonchev–Trinajstić information content (AvgIpc) is 2.55. The number of nitrogens with zero attached hydrogens (tertiary/aromatic N) is 1. The third-order valence-corrected chi connectivity index (χ3v) is 2.25. The number of benzene rings is 1. The Morgan fingerprint density at radius 3 is 2.71 bits per heavy atom. The minimum atomic E-state index is 0.849. The molecule has 0 radical (unpaired) electrons. The first-order valence-electron chi connectivity index (χ1n) is 4.31. The van der Waals surface area contributed by atoms with Crippen molar-refractivity contribution in [3.8, 4) is 24.8 Å². The molecule has 0 saturated carbocycles. The van der Waals surface area contributed by atoms with Crippen LogP contribution in [0.5, 0.6) is 0 Å². The summed E-state index contributed by atoms with van der Waals surface area (Å²) in [5, 5.41) is 1.05. The smallest absolute Gasteiger partial charge is 0.0624 e. The zero-order valence-electron chi connectivity index (χ0n) is 7.91. The minimum absolute atomic E-state index is 0.849. The van der Waals surface area contributed by atoms with Crippen molar-refractivity contribution in [3.63, 3.8) is 0 Å². The summed E-state index contributed by atoms with van der Waals surface area (Å²) in [5.74, 6) is 2.64. The third kappa shape index (κ3) is 1.08. The Hall–Kier alpha value is -2.12. The first-order chi connectivity index (χ1) is 6.76. The maximum atomic E-state index is 5.40. The van der Waals surface area contributed by atoms with E-state index in [1.165, 1.54) is 5.56 Å². The van der Waals surface area contributed by atoms with E-state index in [2.05, 4.69) is 18.0 Å². The Bertz CT molecular complexity index is 574. The maximum absolute atomic E-state index is 5.40. The predicted molar refractivity (Wildman–Crippen MR) is 58.8 cm³/mol. The Kier molecular flexibility index (Phi) is 1.80. The average molecular weight is 179 g/mol. The van der Waals surface area contributed by atoms with Gasteiger partial charge in [-0.25, -0.2) is 0 Å². The molecule has 0 fully saturated rings. The Balaban J connectivity index is 2.93. The molecule has 1 nitrogen and oxygen atoms in total. The van der Waals surface area contributed by atoms with Crippen LogP contribution in [-0.2, 0) is 0 Å². The molecule has 2 aromatic rings. The molecule has 1 heteroatoms. The summed E-state index contributed by atoms with van der Waals surface area (Å²) < 4.78 is 1.71. The molecular weight excluding hydrogens is 170 g/mol. The van der Waals surface area contributed by atoms with Gasteiger partial charge in [0.1, 0.15) is 0 Å². The molecule has 0 aliphatic carbocycles. The number of aromatic nitrogens is 1. The lowest BCUT2D eigenvalue weighted by molar-refractivity contribution is 1.20. The van der Waals surface area contributed by atoms with E-state index in [0.717, 1.165) is 16.5 Å². The van der Waals surface area contributed by atoms with Crippen molar-refractivity contribution >= 4 is 10.9 Å². The SMILES string of the molecule is C#Cc1cn(C#C)c2ccc(C)cc12. The van der Waals surface area contributed by atoms with Gasteiger partial charge in [-0.3, -0.25) is 4.57 Å². The Labute approximate surface area is 83.4 Å². The van der Waals surface area contributed by atoms with Gasteiger partial charge in [0.05, 0.1) is 11.1 Å². The molecule has 66 valence electrons. The zero-order valence-corrected chi connectivity index (χ0v) is 7.91. The molecule has 0 unspecified atom stereocenters. The normalized spacial score (nSPS) is 9.64. The summed E-state index contributed by atoms with van der Waals surface area (Å²) in [6.07, 6.45) is 12.6. The van der Waals surface area contributed by atoms with Crippen LogP contribution in [0, 0.1) is 31.7 Å². The van der Waals surface area contributed by atoms with Crippen LogP contribution in [-0.4, -0.2) is 4.57 Å². The molecule has 0 bridgehead atoms. The maximum Gasteiger partial charge on any atom is 0.0624 e. The largest absolute Gasteiger partial charge is 0.275 e. The van der Waals surface area contributed by atoms with Gasteiger partial charge in [-0.2, -0.15) is 0 Å². The second kappa shape index (κ2) is 2.98. The first-order valence-corrected chi connectivity index (χ1v) is 4.31. The predicted octanol–water partition coefficient (Wildman–Crippen LogP) is 2.37. The number of terminal acetylenes is 2. The molecule has 1 heterocycles. The van der Waals surface area contributed by atoms with Gasteiger partial charge in [0, 0.05) is 17.6 Å². The lowest BCUT2D eigenvalue weighted by atomic mass is 10.1. The minimum Gasteiger partial charge on any atom is -0.275 e. The summed E-state index contributed by atoms with van der Waals surface area (Å²) in [6.45, 7) is 2.03. The van der Waals surface area contributed by atoms with Crippen molar-refractivity contribution in [2.45, 2.75) is 6.92 Å². The number of hydrogen-bond donors (Lipinski definition) is 0. The van der Waals surface area contributed by atoms with Gasteiger partial charge in [-0.05, 0) is 19.1 Å². The van der Waals surface area contributed by atoms with Crippen LogP contribution in [0.3, 0.4) is 0 Å². The molecule has 1 aromatic heterocycles. The van der Waals surface area contributed by atoms with Gasteiger partial charge in [-0.15, -0.1) is 6.42 Å². The summed E-state index contributed by atoms with van der Waals surface area (Å²) in [5.41, 5.74) is 3.02. The number of fused-ring (bicyclic) bond motifs is 1. The fourth-order valence-corrected chi connectivity index (χ4v) is 1.57. The standard InChI is InChI=1S/C13H9N/c1-4-11-9-14(5-2)13-7-6-10(3)8-12(11)13/h1-2,6-9H,3H3. The topological polar surface area (TPSA) is 4.93 Å². The van der Waals surface area contributed by atoms with Crippen molar-refractivity contribution in [1.82, 2.24) is 4.57 Å². The molecule has 0 saturated heterocycles. The molecule has 0 N–H and O–H groups in total. The monoisotopic (exact) mass is 179 g/mol. The molecule has 1 aromatic carbocycles. The van der Waals surface area contributed by atoms with E-state index in [1.54, 1.807) is 4.57 Å². The van der Waals surface area contributed by atoms with Crippen molar-refractivity contribution in [2.75, 3.05) is 0 Å². The molecular formula is C13H9N. The van der Waals surface area contributed by atoms with E-state index in [4.69, 9.17) is 12.8 Å². The first kappa shape index (κ1) is 8.48. The van der Waals surface area contributed by atoms with Crippen LogP contribution in [0.15, 0.2) is 24.4 Å². The third-order valence-electron chi connectivity index (χ3n) is 2.25. The van der Waals surface area contributed by atoms with Gasteiger partial charge < -0.3 is 0 Å². The lowest BCUT2D eigenvalue weighted by Gasteiger charge is -1.95. The quantitative estimate of drug-likeness (QED) is 0.547. The van der Waals surface area contributed by atoms with Gasteiger partial charge in [0.2, 0.25) is 0 Å². The Morgan fingerprint density at radius 1 is 1.29 bits per heavy atom. The number of hydrogen-bond acceptors (Lipinski definition) is 0. The van der Waals surface area contributed by atoms with Crippen molar-refractivity contribution < 1.29 is 0 Å². The van der Waals surface area contributed by atoms with Crippen molar-refractivity contribution in [1.29, 1.82) is 0 Å². The summed E-state index contributed by atoms with van der Waals surface area (Å²) in [7, 11) is 0. The van der Waals surface area contributed by atoms with E-state index in [0.29, 0.717) is 0 Å². The van der Waals surface area contributed by atoms with Crippen LogP contribution >= 0.6 is 0 Å². The van der Waals surface area contributed by atoms with E-state index in [1.807, 2.05) is 25.3 Å². The molecule has 0 aliphatic heterocycles. The molecule has 0 spiro atoms. The van der Waals surface area contributed by atoms with E-state index >= 15 is 0 Å². The molecule has 0 atom stereocenters. The molecule has 0 amide bonds. The number of aryl methyl sites for hydroxylation is 1. The summed E-state index contributed by atoms with van der Waals surface area (Å²) in [6, 6.07) is 8.63. The fraction of sp³-hybridized carbons (Fsp3) is 0.0769. The number of rotatable bonds is 0. The van der Waals surface area contributed by atoms with Crippen LogP contribution in [0.25, 0.3) is 10.9 Å². The summed E-state index contributed by atoms with van der Waals surface area (Å²) >= 11 is 0. The van der Waals surface area contributed by atoms with Crippen LogP contribution in [0.2, 0.25) is 0 Å². The highest BCUT2D eigenvalue weighted by Gasteiger charge is 2.04. The second-order valence-electron chi connectivity index (χ2n) is 3.21. The fourth-order valence-electron chi connectivity index (χ4n) is 1.57. The van der Waals surface area contributed by atoms with E-state index in [-0.39, 0.29) is 0 Å². The van der Waals surface area contributed by atoms with E-state index in [9.17, 15) is 0 Å². The summed E-state index contributed by atoms with van der Waals surface area (Å²) in [4.78, 5) is 0. The highest BCUT2D eigenvalue weighted by Crippen LogP contribution is 2.21. The van der Waals surface area contributed by atoms with Crippen LogP contribution in [0.1, 0.15) is 11.1 Å². The molecule has 0 aliphatic rings. The second-order valence-corrected chi connectivity index (χ2v) is 3.21.